The molecule has 0 aromatic heterocycles. The number of aliphatic hydroxyl groups is 1. The molecule has 2 atom stereocenters. The summed E-state index contributed by atoms with van der Waals surface area (Å²) in [5.74, 6) is -0.484. The molecule has 2 rings (SSSR count). The van der Waals surface area contributed by atoms with E-state index in [9.17, 15) is 9.50 Å². The zero-order valence-electron chi connectivity index (χ0n) is 11.2. The first-order valence-corrected chi connectivity index (χ1v) is 7.22. The smallest absolute Gasteiger partial charge is 0.126 e. The summed E-state index contributed by atoms with van der Waals surface area (Å²) in [7, 11) is 0. The second-order valence-electron chi connectivity index (χ2n) is 4.85. The second kappa shape index (κ2) is 6.48. The zero-order chi connectivity index (χ0) is 14.7. The molecule has 0 bridgehead atoms. The SMILES string of the molecule is Cc1cc(C(O)C(CN)c2ccc(Br)cc2)ccc1F. The molecule has 106 valence electrons. The van der Waals surface area contributed by atoms with E-state index in [0.29, 0.717) is 17.7 Å². The van der Waals surface area contributed by atoms with E-state index in [-0.39, 0.29) is 11.7 Å². The predicted octanol–water partition coefficient (Wildman–Crippen LogP) is 3.67. The maximum atomic E-state index is 13.3. The molecule has 2 unspecified atom stereocenters. The van der Waals surface area contributed by atoms with Gasteiger partial charge in [0.05, 0.1) is 6.10 Å². The molecule has 0 saturated carbocycles. The van der Waals surface area contributed by atoms with Crippen LogP contribution in [-0.2, 0) is 0 Å². The Kier molecular flexibility index (Phi) is 4.91. The molecule has 0 aliphatic heterocycles. The Morgan fingerprint density at radius 1 is 1.15 bits per heavy atom. The van der Waals surface area contributed by atoms with Gasteiger partial charge < -0.3 is 10.8 Å². The molecule has 2 aromatic carbocycles. The highest BCUT2D eigenvalue weighted by Crippen LogP contribution is 2.31. The van der Waals surface area contributed by atoms with Gasteiger partial charge in [0.2, 0.25) is 0 Å². The summed E-state index contributed by atoms with van der Waals surface area (Å²) in [5, 5.41) is 10.5. The van der Waals surface area contributed by atoms with Gasteiger partial charge in [-0.1, -0.05) is 40.2 Å². The third-order valence-electron chi connectivity index (χ3n) is 3.46. The van der Waals surface area contributed by atoms with Crippen molar-refractivity contribution in [2.45, 2.75) is 18.9 Å². The van der Waals surface area contributed by atoms with Crippen LogP contribution in [0.3, 0.4) is 0 Å². The summed E-state index contributed by atoms with van der Waals surface area (Å²) in [5.41, 5.74) is 7.97. The molecule has 0 fully saturated rings. The fourth-order valence-electron chi connectivity index (χ4n) is 2.24. The standard InChI is InChI=1S/C16H17BrFNO/c1-10-8-12(4-7-15(10)18)16(20)14(9-19)11-2-5-13(17)6-3-11/h2-8,14,16,20H,9,19H2,1H3. The quantitative estimate of drug-likeness (QED) is 0.893. The van der Waals surface area contributed by atoms with Gasteiger partial charge in [0.25, 0.3) is 0 Å². The van der Waals surface area contributed by atoms with Crippen LogP contribution < -0.4 is 5.73 Å². The van der Waals surface area contributed by atoms with E-state index in [2.05, 4.69) is 15.9 Å². The van der Waals surface area contributed by atoms with Crippen LogP contribution in [0, 0.1) is 12.7 Å². The lowest BCUT2D eigenvalue weighted by Gasteiger charge is -2.22. The number of benzene rings is 2. The molecular formula is C16H17BrFNO. The Labute approximate surface area is 126 Å². The third-order valence-corrected chi connectivity index (χ3v) is 3.99. The van der Waals surface area contributed by atoms with E-state index in [1.807, 2.05) is 24.3 Å². The van der Waals surface area contributed by atoms with Gasteiger partial charge in [0, 0.05) is 16.9 Å². The minimum Gasteiger partial charge on any atom is -0.388 e. The van der Waals surface area contributed by atoms with Crippen LogP contribution in [0.2, 0.25) is 0 Å². The van der Waals surface area contributed by atoms with Crippen LogP contribution in [0.4, 0.5) is 4.39 Å². The fraction of sp³-hybridized carbons (Fsp3) is 0.250. The predicted molar refractivity (Wildman–Crippen MR) is 82.0 cm³/mol. The lowest BCUT2D eigenvalue weighted by Crippen LogP contribution is -2.20. The van der Waals surface area contributed by atoms with Crippen LogP contribution in [0.25, 0.3) is 0 Å². The van der Waals surface area contributed by atoms with Gasteiger partial charge in [-0.05, 0) is 41.8 Å². The number of nitrogens with two attached hydrogens (primary N) is 1. The summed E-state index contributed by atoms with van der Waals surface area (Å²) in [6.07, 6.45) is -0.750. The van der Waals surface area contributed by atoms with Gasteiger partial charge in [-0.3, -0.25) is 0 Å². The van der Waals surface area contributed by atoms with Gasteiger partial charge in [-0.25, -0.2) is 4.39 Å². The van der Waals surface area contributed by atoms with Gasteiger partial charge in [-0.2, -0.15) is 0 Å². The first-order valence-electron chi connectivity index (χ1n) is 6.42. The number of rotatable bonds is 4. The van der Waals surface area contributed by atoms with Crippen molar-refractivity contribution in [3.63, 3.8) is 0 Å². The highest BCUT2D eigenvalue weighted by atomic mass is 79.9. The molecule has 2 aromatic rings. The van der Waals surface area contributed by atoms with E-state index in [0.717, 1.165) is 10.0 Å². The summed E-state index contributed by atoms with van der Waals surface area (Å²) >= 11 is 3.38. The molecule has 2 nitrogen and oxygen atoms in total. The Balaban J connectivity index is 2.30. The van der Waals surface area contributed by atoms with Crippen LogP contribution in [0.15, 0.2) is 46.9 Å². The minimum atomic E-state index is -0.750. The average molecular weight is 338 g/mol. The largest absolute Gasteiger partial charge is 0.388 e. The molecule has 4 heteroatoms. The highest BCUT2D eigenvalue weighted by molar-refractivity contribution is 9.10. The maximum absolute atomic E-state index is 13.3. The zero-order valence-corrected chi connectivity index (χ0v) is 12.8. The maximum Gasteiger partial charge on any atom is 0.126 e. The average Bonchev–Trinajstić information content (AvgIpc) is 2.44. The lowest BCUT2D eigenvalue weighted by molar-refractivity contribution is 0.147. The third kappa shape index (κ3) is 3.26. The van der Waals surface area contributed by atoms with Crippen molar-refractivity contribution in [3.05, 3.63) is 69.4 Å². The van der Waals surface area contributed by atoms with Crippen molar-refractivity contribution < 1.29 is 9.50 Å². The Morgan fingerprint density at radius 2 is 1.75 bits per heavy atom. The molecule has 0 spiro atoms. The molecule has 0 radical (unpaired) electrons. The molecule has 0 heterocycles. The van der Waals surface area contributed by atoms with E-state index in [1.165, 1.54) is 6.07 Å². The van der Waals surface area contributed by atoms with E-state index in [1.54, 1.807) is 19.1 Å². The van der Waals surface area contributed by atoms with Crippen molar-refractivity contribution in [1.29, 1.82) is 0 Å². The van der Waals surface area contributed by atoms with Crippen LogP contribution in [0.5, 0.6) is 0 Å². The summed E-state index contributed by atoms with van der Waals surface area (Å²) in [6, 6.07) is 12.3. The van der Waals surface area contributed by atoms with Crippen molar-refractivity contribution in [2.75, 3.05) is 6.54 Å². The van der Waals surface area contributed by atoms with Gasteiger partial charge in [0.1, 0.15) is 5.82 Å². The highest BCUT2D eigenvalue weighted by Gasteiger charge is 2.22. The van der Waals surface area contributed by atoms with Crippen LogP contribution >= 0.6 is 15.9 Å². The van der Waals surface area contributed by atoms with Crippen LogP contribution in [0.1, 0.15) is 28.7 Å². The van der Waals surface area contributed by atoms with Crippen molar-refractivity contribution in [1.82, 2.24) is 0 Å². The van der Waals surface area contributed by atoms with Crippen molar-refractivity contribution in [2.24, 2.45) is 5.73 Å². The minimum absolute atomic E-state index is 0.215. The first-order chi connectivity index (χ1) is 9.52. The molecule has 0 saturated heterocycles. The second-order valence-corrected chi connectivity index (χ2v) is 5.76. The van der Waals surface area contributed by atoms with Gasteiger partial charge in [0.15, 0.2) is 0 Å². The summed E-state index contributed by atoms with van der Waals surface area (Å²) in [6.45, 7) is 2.00. The molecule has 0 aliphatic carbocycles. The molecule has 3 N–H and O–H groups in total. The fourth-order valence-corrected chi connectivity index (χ4v) is 2.51. The Bertz CT molecular complexity index is 586. The Morgan fingerprint density at radius 3 is 2.30 bits per heavy atom. The number of hydrogen-bond donors (Lipinski definition) is 2. The van der Waals surface area contributed by atoms with Crippen molar-refractivity contribution >= 4 is 15.9 Å². The number of hydrogen-bond acceptors (Lipinski definition) is 2. The first kappa shape index (κ1) is 15.2. The van der Waals surface area contributed by atoms with Crippen molar-refractivity contribution in [3.8, 4) is 0 Å². The number of aryl methyl sites for hydroxylation is 1. The van der Waals surface area contributed by atoms with E-state index in [4.69, 9.17) is 5.73 Å². The lowest BCUT2D eigenvalue weighted by atomic mass is 9.89. The topological polar surface area (TPSA) is 46.2 Å². The Hall–Kier alpha value is -1.23. The van der Waals surface area contributed by atoms with E-state index < -0.39 is 6.10 Å². The monoisotopic (exact) mass is 337 g/mol. The normalized spacial score (nSPS) is 14.1. The van der Waals surface area contributed by atoms with E-state index >= 15 is 0 Å². The summed E-state index contributed by atoms with van der Waals surface area (Å²) in [4.78, 5) is 0. The summed E-state index contributed by atoms with van der Waals surface area (Å²) < 4.78 is 14.3. The van der Waals surface area contributed by atoms with Gasteiger partial charge in [-0.15, -0.1) is 0 Å². The molecule has 0 amide bonds. The van der Waals surface area contributed by atoms with Gasteiger partial charge >= 0.3 is 0 Å². The number of aliphatic hydroxyl groups excluding tert-OH is 1. The molecule has 20 heavy (non-hydrogen) atoms. The van der Waals surface area contributed by atoms with Crippen LogP contribution in [-0.4, -0.2) is 11.7 Å². The number of halogens is 2. The molecular weight excluding hydrogens is 321 g/mol. The molecule has 0 aliphatic rings.